The maximum absolute atomic E-state index is 12.8. The van der Waals surface area contributed by atoms with E-state index < -0.39 is 5.41 Å². The first-order valence-corrected chi connectivity index (χ1v) is 9.31. The molecule has 1 amide bonds. The second-order valence-corrected chi connectivity index (χ2v) is 8.55. The summed E-state index contributed by atoms with van der Waals surface area (Å²) in [6.45, 7) is 4.57. The summed E-state index contributed by atoms with van der Waals surface area (Å²) in [5, 5.41) is 13.8. The number of likely N-dealkylation sites (tertiary alicyclic amines) is 1. The van der Waals surface area contributed by atoms with E-state index in [2.05, 4.69) is 5.16 Å². The predicted octanol–water partition coefficient (Wildman–Crippen LogP) is 3.89. The van der Waals surface area contributed by atoms with Gasteiger partial charge in [0.25, 0.3) is 5.91 Å². The molecule has 2 aliphatic rings. The van der Waals surface area contributed by atoms with E-state index in [4.69, 9.17) is 16.1 Å². The standard InChI is InChI=1S/C21H18ClN3O3/c1-20(2)10-21(8-13(9-23)18(20)26)11-25(12-21)19(27)17-7-16(24-28-17)14-5-3-4-6-15(14)22/h3-8H,10-12H2,1-2H3. The number of Topliss-reactive ketones (excluding diaryl/α,β-unsaturated/α-hetero) is 1. The fourth-order valence-electron chi connectivity index (χ4n) is 4.22. The second-order valence-electron chi connectivity index (χ2n) is 8.14. The number of hydrogen-bond donors (Lipinski definition) is 0. The Morgan fingerprint density at radius 3 is 2.71 bits per heavy atom. The fraction of sp³-hybridized carbons (Fsp3) is 0.333. The number of carbonyl (C=O) groups excluding carboxylic acids is 2. The van der Waals surface area contributed by atoms with Crippen molar-refractivity contribution in [3.8, 4) is 17.3 Å². The van der Waals surface area contributed by atoms with E-state index in [1.54, 1.807) is 23.1 Å². The van der Waals surface area contributed by atoms with E-state index in [0.29, 0.717) is 35.8 Å². The molecule has 2 aromatic rings. The summed E-state index contributed by atoms with van der Waals surface area (Å²) in [7, 11) is 0. The van der Waals surface area contributed by atoms with E-state index in [1.807, 2.05) is 38.1 Å². The lowest BCUT2D eigenvalue weighted by molar-refractivity contribution is -0.127. The zero-order chi connectivity index (χ0) is 20.1. The number of carbonyl (C=O) groups is 2. The van der Waals surface area contributed by atoms with E-state index in [-0.39, 0.29) is 28.4 Å². The van der Waals surface area contributed by atoms with Crippen molar-refractivity contribution in [1.82, 2.24) is 10.1 Å². The molecule has 0 N–H and O–H groups in total. The average Bonchev–Trinajstić information content (AvgIpc) is 3.11. The first-order valence-electron chi connectivity index (χ1n) is 8.93. The third-order valence-electron chi connectivity index (χ3n) is 5.39. The molecule has 4 rings (SSSR count). The summed E-state index contributed by atoms with van der Waals surface area (Å²) in [4.78, 5) is 26.7. The van der Waals surface area contributed by atoms with Crippen LogP contribution in [0.1, 0.15) is 30.8 Å². The Hall–Kier alpha value is -2.91. The van der Waals surface area contributed by atoms with Gasteiger partial charge in [0.2, 0.25) is 5.76 Å². The van der Waals surface area contributed by atoms with Gasteiger partial charge in [-0.3, -0.25) is 9.59 Å². The number of hydrogen-bond acceptors (Lipinski definition) is 5. The highest BCUT2D eigenvalue weighted by Crippen LogP contribution is 2.48. The summed E-state index contributed by atoms with van der Waals surface area (Å²) in [6.07, 6.45) is 2.34. The number of halogens is 1. The molecule has 1 spiro atoms. The van der Waals surface area contributed by atoms with Crippen LogP contribution in [0.25, 0.3) is 11.3 Å². The number of nitriles is 1. The third kappa shape index (κ3) is 2.92. The third-order valence-corrected chi connectivity index (χ3v) is 5.72. The molecule has 1 aromatic carbocycles. The fourth-order valence-corrected chi connectivity index (χ4v) is 4.45. The van der Waals surface area contributed by atoms with Crippen LogP contribution in [0.3, 0.4) is 0 Å². The van der Waals surface area contributed by atoms with Crippen LogP contribution in [-0.4, -0.2) is 34.8 Å². The minimum atomic E-state index is -0.613. The van der Waals surface area contributed by atoms with Crippen LogP contribution in [0, 0.1) is 22.2 Å². The second kappa shape index (κ2) is 6.32. The smallest absolute Gasteiger partial charge is 0.292 e. The normalized spacial score (nSPS) is 19.7. The van der Waals surface area contributed by atoms with Crippen LogP contribution < -0.4 is 0 Å². The average molecular weight is 396 g/mol. The molecule has 0 atom stereocenters. The summed E-state index contributed by atoms with van der Waals surface area (Å²) < 4.78 is 5.25. The van der Waals surface area contributed by atoms with Crippen molar-refractivity contribution < 1.29 is 14.1 Å². The van der Waals surface area contributed by atoms with Crippen molar-refractivity contribution in [2.75, 3.05) is 13.1 Å². The molecule has 1 saturated heterocycles. The highest BCUT2D eigenvalue weighted by Gasteiger charge is 2.52. The van der Waals surface area contributed by atoms with Crippen molar-refractivity contribution >= 4 is 23.3 Å². The van der Waals surface area contributed by atoms with E-state index in [0.717, 1.165) is 0 Å². The summed E-state index contributed by atoms with van der Waals surface area (Å²) in [6, 6.07) is 10.8. The van der Waals surface area contributed by atoms with E-state index in [9.17, 15) is 14.9 Å². The lowest BCUT2D eigenvalue weighted by Crippen LogP contribution is -2.60. The topological polar surface area (TPSA) is 87.2 Å². The number of benzene rings is 1. The predicted molar refractivity (Wildman–Crippen MR) is 102 cm³/mol. The van der Waals surface area contributed by atoms with Gasteiger partial charge in [-0.15, -0.1) is 0 Å². The zero-order valence-corrected chi connectivity index (χ0v) is 16.3. The number of rotatable bonds is 2. The lowest BCUT2D eigenvalue weighted by Gasteiger charge is -2.52. The van der Waals surface area contributed by atoms with Crippen molar-refractivity contribution in [1.29, 1.82) is 5.26 Å². The molecular weight excluding hydrogens is 378 g/mol. The van der Waals surface area contributed by atoms with Gasteiger partial charge in [-0.25, -0.2) is 0 Å². The zero-order valence-electron chi connectivity index (χ0n) is 15.5. The Labute approximate surface area is 167 Å². The van der Waals surface area contributed by atoms with Crippen LogP contribution in [-0.2, 0) is 4.79 Å². The van der Waals surface area contributed by atoms with Crippen LogP contribution in [0.4, 0.5) is 0 Å². The van der Waals surface area contributed by atoms with Crippen molar-refractivity contribution in [3.05, 3.63) is 52.8 Å². The first kappa shape index (κ1) is 18.5. The van der Waals surface area contributed by atoms with Gasteiger partial charge in [0, 0.05) is 35.5 Å². The molecule has 142 valence electrons. The minimum Gasteiger partial charge on any atom is -0.350 e. The summed E-state index contributed by atoms with van der Waals surface area (Å²) >= 11 is 6.17. The summed E-state index contributed by atoms with van der Waals surface area (Å²) in [5.74, 6) is -0.261. The Kier molecular flexibility index (Phi) is 4.16. The van der Waals surface area contributed by atoms with Crippen molar-refractivity contribution in [2.45, 2.75) is 20.3 Å². The maximum atomic E-state index is 12.8. The molecule has 1 aromatic heterocycles. The molecule has 28 heavy (non-hydrogen) atoms. The van der Waals surface area contributed by atoms with Gasteiger partial charge < -0.3 is 9.42 Å². The van der Waals surface area contributed by atoms with Gasteiger partial charge in [-0.05, 0) is 12.5 Å². The Balaban J connectivity index is 1.52. The molecular formula is C21H18ClN3O3. The number of amides is 1. The number of aromatic nitrogens is 1. The van der Waals surface area contributed by atoms with Crippen LogP contribution in [0.2, 0.25) is 5.02 Å². The van der Waals surface area contributed by atoms with Gasteiger partial charge in [0.05, 0.1) is 10.6 Å². The molecule has 0 saturated carbocycles. The molecule has 1 aliphatic heterocycles. The van der Waals surface area contributed by atoms with Crippen LogP contribution in [0.15, 0.2) is 46.5 Å². The number of allylic oxidation sites excluding steroid dienone is 1. The maximum Gasteiger partial charge on any atom is 0.292 e. The number of nitrogens with zero attached hydrogens (tertiary/aromatic N) is 3. The SMILES string of the molecule is CC1(C)CC2(C=C(C#N)C1=O)CN(C(=O)c1cc(-c3ccccc3Cl)no1)C2. The van der Waals surface area contributed by atoms with Gasteiger partial charge in [0.15, 0.2) is 5.78 Å². The molecule has 2 heterocycles. The lowest BCUT2D eigenvalue weighted by atomic mass is 9.61. The molecule has 0 unspecified atom stereocenters. The molecule has 1 fully saturated rings. The minimum absolute atomic E-state index is 0.134. The Morgan fingerprint density at radius 1 is 1.32 bits per heavy atom. The highest BCUT2D eigenvalue weighted by atomic mass is 35.5. The highest BCUT2D eigenvalue weighted by molar-refractivity contribution is 6.33. The van der Waals surface area contributed by atoms with E-state index >= 15 is 0 Å². The molecule has 0 bridgehead atoms. The Morgan fingerprint density at radius 2 is 2.04 bits per heavy atom. The molecule has 0 radical (unpaired) electrons. The largest absolute Gasteiger partial charge is 0.350 e. The van der Waals surface area contributed by atoms with Gasteiger partial charge in [-0.1, -0.05) is 54.9 Å². The van der Waals surface area contributed by atoms with Gasteiger partial charge in [-0.2, -0.15) is 5.26 Å². The number of ketones is 1. The Bertz CT molecular complexity index is 1050. The molecule has 7 heteroatoms. The van der Waals surface area contributed by atoms with Crippen molar-refractivity contribution in [3.63, 3.8) is 0 Å². The summed E-state index contributed by atoms with van der Waals surface area (Å²) in [5.41, 5.74) is 0.424. The van der Waals surface area contributed by atoms with Crippen LogP contribution in [0.5, 0.6) is 0 Å². The molecule has 6 nitrogen and oxygen atoms in total. The quantitative estimate of drug-likeness (QED) is 0.769. The molecule has 1 aliphatic carbocycles. The first-order chi connectivity index (χ1) is 13.2. The monoisotopic (exact) mass is 395 g/mol. The van der Waals surface area contributed by atoms with Crippen LogP contribution >= 0.6 is 11.6 Å². The van der Waals surface area contributed by atoms with Crippen molar-refractivity contribution in [2.24, 2.45) is 10.8 Å². The van der Waals surface area contributed by atoms with Gasteiger partial charge in [0.1, 0.15) is 11.8 Å². The van der Waals surface area contributed by atoms with E-state index in [1.165, 1.54) is 0 Å². The van der Waals surface area contributed by atoms with Gasteiger partial charge >= 0.3 is 0 Å².